The number of amidine groups is 1. The standard InChI is InChI=1S/C8H11N5/c1-13(5-9)8(11)6-3-2-4-7(10)12-6/h2-5,9,11H,1H3,(H2,10,12). The molecule has 0 fully saturated rings. The van der Waals surface area contributed by atoms with Gasteiger partial charge in [0.05, 0.1) is 6.34 Å². The first-order valence-electron chi connectivity index (χ1n) is 3.70. The zero-order chi connectivity index (χ0) is 9.84. The first-order chi connectivity index (χ1) is 6.15. The molecule has 1 aromatic heterocycles. The van der Waals surface area contributed by atoms with Gasteiger partial charge in [-0.05, 0) is 12.1 Å². The van der Waals surface area contributed by atoms with Gasteiger partial charge in [0, 0.05) is 7.05 Å². The molecular formula is C8H11N5. The van der Waals surface area contributed by atoms with Crippen molar-refractivity contribution in [3.63, 3.8) is 0 Å². The molecule has 13 heavy (non-hydrogen) atoms. The third kappa shape index (κ3) is 2.02. The number of nitrogens with two attached hydrogens (primary N) is 1. The van der Waals surface area contributed by atoms with Gasteiger partial charge in [0.15, 0.2) is 5.84 Å². The minimum atomic E-state index is 0.155. The van der Waals surface area contributed by atoms with E-state index in [1.165, 1.54) is 4.90 Å². The average molecular weight is 177 g/mol. The van der Waals surface area contributed by atoms with Crippen LogP contribution >= 0.6 is 0 Å². The van der Waals surface area contributed by atoms with Gasteiger partial charge < -0.3 is 10.6 Å². The normalized spacial score (nSPS) is 9.31. The SMILES string of the molecule is CN(C=N)C(=N)c1cccc(N)n1. The van der Waals surface area contributed by atoms with E-state index in [1.807, 2.05) is 0 Å². The van der Waals surface area contributed by atoms with Crippen molar-refractivity contribution in [1.29, 1.82) is 10.8 Å². The Morgan fingerprint density at radius 1 is 1.62 bits per heavy atom. The highest BCUT2D eigenvalue weighted by Crippen LogP contribution is 2.02. The van der Waals surface area contributed by atoms with Crippen LogP contribution in [0.3, 0.4) is 0 Å². The number of nitrogens with zero attached hydrogens (tertiary/aromatic N) is 2. The van der Waals surface area contributed by atoms with Crippen LogP contribution in [0.15, 0.2) is 18.2 Å². The van der Waals surface area contributed by atoms with Crippen molar-refractivity contribution < 1.29 is 0 Å². The van der Waals surface area contributed by atoms with Gasteiger partial charge in [0.2, 0.25) is 0 Å². The molecule has 68 valence electrons. The molecule has 0 unspecified atom stereocenters. The number of anilines is 1. The Morgan fingerprint density at radius 2 is 2.31 bits per heavy atom. The maximum atomic E-state index is 7.59. The van der Waals surface area contributed by atoms with Gasteiger partial charge in [-0.25, -0.2) is 4.98 Å². The van der Waals surface area contributed by atoms with Gasteiger partial charge in [0.1, 0.15) is 11.5 Å². The number of hydrogen-bond donors (Lipinski definition) is 3. The molecule has 1 rings (SSSR count). The monoisotopic (exact) mass is 177 g/mol. The van der Waals surface area contributed by atoms with Crippen LogP contribution in [0.1, 0.15) is 5.69 Å². The fraction of sp³-hybridized carbons (Fsp3) is 0.125. The third-order valence-corrected chi connectivity index (χ3v) is 1.56. The summed E-state index contributed by atoms with van der Waals surface area (Å²) in [6.07, 6.45) is 1.05. The molecular weight excluding hydrogens is 166 g/mol. The summed E-state index contributed by atoms with van der Waals surface area (Å²) in [5, 5.41) is 14.5. The molecule has 0 radical (unpaired) electrons. The largest absolute Gasteiger partial charge is 0.384 e. The van der Waals surface area contributed by atoms with E-state index >= 15 is 0 Å². The molecule has 4 N–H and O–H groups in total. The molecule has 0 saturated heterocycles. The molecule has 0 aliphatic carbocycles. The summed E-state index contributed by atoms with van der Waals surface area (Å²) in [6.45, 7) is 0. The highest BCUT2D eigenvalue weighted by molar-refractivity contribution is 6.00. The van der Waals surface area contributed by atoms with E-state index in [4.69, 9.17) is 16.6 Å². The van der Waals surface area contributed by atoms with Gasteiger partial charge in [-0.2, -0.15) is 0 Å². The average Bonchev–Trinajstić information content (AvgIpc) is 2.15. The Labute approximate surface area is 76.2 Å². The Balaban J connectivity index is 2.95. The number of nitrogen functional groups attached to an aromatic ring is 1. The minimum Gasteiger partial charge on any atom is -0.384 e. The number of pyridine rings is 1. The van der Waals surface area contributed by atoms with Crippen molar-refractivity contribution in [2.24, 2.45) is 0 Å². The third-order valence-electron chi connectivity index (χ3n) is 1.56. The summed E-state index contributed by atoms with van der Waals surface area (Å²) in [7, 11) is 1.61. The summed E-state index contributed by atoms with van der Waals surface area (Å²) in [5.41, 5.74) is 5.92. The molecule has 0 atom stereocenters. The number of rotatable bonds is 2. The highest BCUT2D eigenvalue weighted by Gasteiger charge is 2.05. The quantitative estimate of drug-likeness (QED) is 0.454. The fourth-order valence-electron chi connectivity index (χ4n) is 0.829. The van der Waals surface area contributed by atoms with Gasteiger partial charge in [-0.3, -0.25) is 10.8 Å². The van der Waals surface area contributed by atoms with E-state index in [9.17, 15) is 0 Å². The van der Waals surface area contributed by atoms with Crippen molar-refractivity contribution in [2.75, 3.05) is 12.8 Å². The lowest BCUT2D eigenvalue weighted by Gasteiger charge is -2.12. The summed E-state index contributed by atoms with van der Waals surface area (Å²) >= 11 is 0. The second kappa shape index (κ2) is 3.66. The van der Waals surface area contributed by atoms with Gasteiger partial charge >= 0.3 is 0 Å². The first kappa shape index (κ1) is 9.18. The van der Waals surface area contributed by atoms with E-state index < -0.39 is 0 Å². The zero-order valence-electron chi connectivity index (χ0n) is 7.28. The summed E-state index contributed by atoms with van der Waals surface area (Å²) in [5.74, 6) is 0.530. The lowest BCUT2D eigenvalue weighted by atomic mass is 10.3. The number of nitrogens with one attached hydrogen (secondary N) is 2. The first-order valence-corrected chi connectivity index (χ1v) is 3.70. The topological polar surface area (TPSA) is 89.9 Å². The van der Waals surface area contributed by atoms with E-state index in [1.54, 1.807) is 25.2 Å². The van der Waals surface area contributed by atoms with Crippen LogP contribution in [0.25, 0.3) is 0 Å². The Bertz CT molecular complexity index is 333. The van der Waals surface area contributed by atoms with E-state index in [-0.39, 0.29) is 5.84 Å². The molecule has 1 heterocycles. The van der Waals surface area contributed by atoms with Gasteiger partial charge in [-0.1, -0.05) is 6.07 Å². The van der Waals surface area contributed by atoms with Crippen molar-refractivity contribution >= 4 is 18.0 Å². The van der Waals surface area contributed by atoms with E-state index in [0.29, 0.717) is 11.5 Å². The van der Waals surface area contributed by atoms with Crippen molar-refractivity contribution in [3.05, 3.63) is 23.9 Å². The summed E-state index contributed by atoms with van der Waals surface area (Å²) in [4.78, 5) is 5.30. The zero-order valence-corrected chi connectivity index (χ0v) is 7.28. The fourth-order valence-corrected chi connectivity index (χ4v) is 0.829. The van der Waals surface area contributed by atoms with Crippen LogP contribution in [0.5, 0.6) is 0 Å². The Morgan fingerprint density at radius 3 is 2.85 bits per heavy atom. The van der Waals surface area contributed by atoms with Crippen LogP contribution in [-0.2, 0) is 0 Å². The van der Waals surface area contributed by atoms with Gasteiger partial charge in [-0.15, -0.1) is 0 Å². The second-order valence-corrected chi connectivity index (χ2v) is 2.54. The summed E-state index contributed by atoms with van der Waals surface area (Å²) in [6, 6.07) is 5.06. The Kier molecular flexibility index (Phi) is 2.59. The Hall–Kier alpha value is -1.91. The minimum absolute atomic E-state index is 0.155. The van der Waals surface area contributed by atoms with Crippen LogP contribution < -0.4 is 5.73 Å². The molecule has 0 amide bonds. The maximum Gasteiger partial charge on any atom is 0.152 e. The van der Waals surface area contributed by atoms with E-state index in [2.05, 4.69) is 4.98 Å². The molecule has 0 spiro atoms. The number of hydrogen-bond acceptors (Lipinski definition) is 4. The molecule has 5 nitrogen and oxygen atoms in total. The van der Waals surface area contributed by atoms with Crippen LogP contribution in [0, 0.1) is 10.8 Å². The molecule has 0 aliphatic heterocycles. The van der Waals surface area contributed by atoms with E-state index in [0.717, 1.165) is 6.34 Å². The van der Waals surface area contributed by atoms with Crippen molar-refractivity contribution in [1.82, 2.24) is 9.88 Å². The molecule has 5 heteroatoms. The van der Waals surface area contributed by atoms with Crippen LogP contribution in [0.2, 0.25) is 0 Å². The smallest absolute Gasteiger partial charge is 0.152 e. The van der Waals surface area contributed by atoms with Crippen LogP contribution in [-0.4, -0.2) is 29.1 Å². The molecule has 1 aromatic rings. The number of aromatic nitrogens is 1. The molecule has 0 bridgehead atoms. The second-order valence-electron chi connectivity index (χ2n) is 2.54. The molecule has 0 aromatic carbocycles. The lowest BCUT2D eigenvalue weighted by molar-refractivity contribution is 0.760. The van der Waals surface area contributed by atoms with Crippen molar-refractivity contribution in [2.45, 2.75) is 0 Å². The molecule has 0 aliphatic rings. The highest BCUT2D eigenvalue weighted by atomic mass is 15.2. The summed E-state index contributed by atoms with van der Waals surface area (Å²) < 4.78 is 0. The van der Waals surface area contributed by atoms with Gasteiger partial charge in [0.25, 0.3) is 0 Å². The predicted molar refractivity (Wildman–Crippen MR) is 52.0 cm³/mol. The van der Waals surface area contributed by atoms with Crippen LogP contribution in [0.4, 0.5) is 5.82 Å². The van der Waals surface area contributed by atoms with Crippen molar-refractivity contribution in [3.8, 4) is 0 Å². The predicted octanol–water partition coefficient (Wildman–Crippen LogP) is 0.528. The lowest BCUT2D eigenvalue weighted by Crippen LogP contribution is -2.25. The maximum absolute atomic E-state index is 7.59. The molecule has 0 saturated carbocycles.